The number of hydrogen-bond donors (Lipinski definition) is 1. The van der Waals surface area contributed by atoms with Gasteiger partial charge in [-0.3, -0.25) is 9.59 Å². The molecular formula is C20H22N2O4S. The van der Waals surface area contributed by atoms with Crippen LogP contribution in [0.1, 0.15) is 39.8 Å². The van der Waals surface area contributed by atoms with Gasteiger partial charge in [-0.2, -0.15) is 0 Å². The molecule has 2 heterocycles. The van der Waals surface area contributed by atoms with Crippen molar-refractivity contribution in [3.63, 3.8) is 0 Å². The monoisotopic (exact) mass is 386 g/mol. The van der Waals surface area contributed by atoms with Crippen molar-refractivity contribution >= 4 is 34.8 Å². The van der Waals surface area contributed by atoms with Crippen LogP contribution in [0, 0.1) is 5.92 Å². The lowest BCUT2D eigenvalue weighted by molar-refractivity contribution is -0.135. The number of thiophene rings is 1. The zero-order valence-electron chi connectivity index (χ0n) is 15.1. The van der Waals surface area contributed by atoms with Crippen LogP contribution in [-0.2, 0) is 9.53 Å². The van der Waals surface area contributed by atoms with Gasteiger partial charge in [0, 0.05) is 18.8 Å². The minimum atomic E-state index is -0.582. The Kier molecular flexibility index (Phi) is 6.24. The molecule has 0 saturated carbocycles. The molecule has 3 rings (SSSR count). The van der Waals surface area contributed by atoms with Gasteiger partial charge in [-0.1, -0.05) is 19.1 Å². The van der Waals surface area contributed by atoms with E-state index in [4.69, 9.17) is 4.74 Å². The highest BCUT2D eigenvalue weighted by atomic mass is 32.1. The number of amides is 2. The Balaban J connectivity index is 1.54. The van der Waals surface area contributed by atoms with Gasteiger partial charge >= 0.3 is 5.97 Å². The van der Waals surface area contributed by atoms with Crippen LogP contribution >= 0.6 is 11.3 Å². The van der Waals surface area contributed by atoms with E-state index in [-0.39, 0.29) is 18.4 Å². The van der Waals surface area contributed by atoms with Crippen LogP contribution in [0.25, 0.3) is 0 Å². The molecule has 0 bridgehead atoms. The Morgan fingerprint density at radius 2 is 1.96 bits per heavy atom. The molecule has 1 saturated heterocycles. The van der Waals surface area contributed by atoms with Crippen LogP contribution in [0.4, 0.5) is 5.69 Å². The minimum absolute atomic E-state index is 0.169. The zero-order chi connectivity index (χ0) is 19.2. The summed E-state index contributed by atoms with van der Waals surface area (Å²) in [7, 11) is 0. The molecule has 0 atom stereocenters. The van der Waals surface area contributed by atoms with Crippen molar-refractivity contribution in [1.82, 2.24) is 4.90 Å². The van der Waals surface area contributed by atoms with Crippen LogP contribution in [0.5, 0.6) is 0 Å². The topological polar surface area (TPSA) is 75.7 Å². The molecule has 0 spiro atoms. The SMILES string of the molecule is CC1CCN(C(=O)COC(=O)c2cccc(NC(=O)c3cccs3)c2)CC1. The second kappa shape index (κ2) is 8.81. The van der Waals surface area contributed by atoms with Crippen molar-refractivity contribution < 1.29 is 19.1 Å². The maximum atomic E-state index is 12.2. The summed E-state index contributed by atoms with van der Waals surface area (Å²) < 4.78 is 5.16. The summed E-state index contributed by atoms with van der Waals surface area (Å²) in [5, 5.41) is 4.57. The van der Waals surface area contributed by atoms with E-state index in [0.717, 1.165) is 12.8 Å². The van der Waals surface area contributed by atoms with Gasteiger partial charge in [-0.25, -0.2) is 4.79 Å². The Morgan fingerprint density at radius 3 is 2.67 bits per heavy atom. The number of carbonyl (C=O) groups excluding carboxylic acids is 3. The predicted octanol–water partition coefficient (Wildman–Crippen LogP) is 3.42. The largest absolute Gasteiger partial charge is 0.452 e. The van der Waals surface area contributed by atoms with Crippen LogP contribution in [0.15, 0.2) is 41.8 Å². The zero-order valence-corrected chi connectivity index (χ0v) is 16.0. The van der Waals surface area contributed by atoms with Crippen molar-refractivity contribution in [2.24, 2.45) is 5.92 Å². The van der Waals surface area contributed by atoms with Gasteiger partial charge in [0.15, 0.2) is 6.61 Å². The highest BCUT2D eigenvalue weighted by Crippen LogP contribution is 2.17. The van der Waals surface area contributed by atoms with Gasteiger partial charge in [-0.15, -0.1) is 11.3 Å². The lowest BCUT2D eigenvalue weighted by atomic mass is 9.99. The van der Waals surface area contributed by atoms with E-state index in [0.29, 0.717) is 35.1 Å². The van der Waals surface area contributed by atoms with Gasteiger partial charge < -0.3 is 15.0 Å². The number of esters is 1. The predicted molar refractivity (Wildman–Crippen MR) is 104 cm³/mol. The van der Waals surface area contributed by atoms with Crippen LogP contribution in [-0.4, -0.2) is 42.4 Å². The Bertz CT molecular complexity index is 811. The molecule has 0 unspecified atom stereocenters. The van der Waals surface area contributed by atoms with E-state index in [9.17, 15) is 14.4 Å². The number of piperidine rings is 1. The number of nitrogens with one attached hydrogen (secondary N) is 1. The molecule has 142 valence electrons. The first kappa shape index (κ1) is 19.1. The van der Waals surface area contributed by atoms with Gasteiger partial charge in [0.05, 0.1) is 10.4 Å². The lowest BCUT2D eigenvalue weighted by Crippen LogP contribution is -2.40. The maximum Gasteiger partial charge on any atom is 0.338 e. The summed E-state index contributed by atoms with van der Waals surface area (Å²) in [5.74, 6) is -0.355. The molecule has 1 aliphatic rings. The Morgan fingerprint density at radius 1 is 1.19 bits per heavy atom. The normalized spacial score (nSPS) is 14.6. The molecule has 0 radical (unpaired) electrons. The third kappa shape index (κ3) is 5.17. The molecule has 1 aliphatic heterocycles. The number of anilines is 1. The molecule has 2 amide bonds. The fraction of sp³-hybridized carbons (Fsp3) is 0.350. The molecule has 1 N–H and O–H groups in total. The second-order valence-corrected chi connectivity index (χ2v) is 7.60. The summed E-state index contributed by atoms with van der Waals surface area (Å²) in [5.41, 5.74) is 0.790. The van der Waals surface area contributed by atoms with Crippen molar-refractivity contribution in [2.75, 3.05) is 25.0 Å². The first-order valence-electron chi connectivity index (χ1n) is 8.93. The molecular weight excluding hydrogens is 364 g/mol. The fourth-order valence-corrected chi connectivity index (χ4v) is 3.50. The first-order valence-corrected chi connectivity index (χ1v) is 9.80. The minimum Gasteiger partial charge on any atom is -0.452 e. The Hall–Kier alpha value is -2.67. The molecule has 1 fully saturated rings. The number of benzene rings is 1. The molecule has 1 aromatic carbocycles. The van der Waals surface area contributed by atoms with E-state index in [2.05, 4.69) is 12.2 Å². The average molecular weight is 386 g/mol. The van der Waals surface area contributed by atoms with Crippen molar-refractivity contribution in [3.8, 4) is 0 Å². The standard InChI is InChI=1S/C20H22N2O4S/c1-14-7-9-22(10-8-14)18(23)13-26-20(25)15-4-2-5-16(12-15)21-19(24)17-6-3-11-27-17/h2-6,11-12,14H,7-10,13H2,1H3,(H,21,24). The van der Waals surface area contributed by atoms with E-state index >= 15 is 0 Å². The first-order chi connectivity index (χ1) is 13.0. The summed E-state index contributed by atoms with van der Waals surface area (Å²) >= 11 is 1.34. The third-order valence-electron chi connectivity index (χ3n) is 4.56. The lowest BCUT2D eigenvalue weighted by Gasteiger charge is -2.30. The summed E-state index contributed by atoms with van der Waals surface area (Å²) in [6, 6.07) is 10.0. The molecule has 2 aromatic rings. The molecule has 27 heavy (non-hydrogen) atoms. The number of hydrogen-bond acceptors (Lipinski definition) is 5. The molecule has 0 aliphatic carbocycles. The maximum absolute atomic E-state index is 12.2. The van der Waals surface area contributed by atoms with E-state index < -0.39 is 5.97 Å². The number of rotatable bonds is 5. The molecule has 6 nitrogen and oxygen atoms in total. The van der Waals surface area contributed by atoms with Crippen LogP contribution in [0.2, 0.25) is 0 Å². The average Bonchev–Trinajstić information content (AvgIpc) is 3.21. The van der Waals surface area contributed by atoms with Crippen LogP contribution < -0.4 is 5.32 Å². The quantitative estimate of drug-likeness (QED) is 0.799. The van der Waals surface area contributed by atoms with Gasteiger partial charge in [0.1, 0.15) is 0 Å². The number of likely N-dealkylation sites (tertiary alicyclic amines) is 1. The number of ether oxygens (including phenoxy) is 1. The fourth-order valence-electron chi connectivity index (χ4n) is 2.88. The number of nitrogens with zero attached hydrogens (tertiary/aromatic N) is 1. The summed E-state index contributed by atoms with van der Waals surface area (Å²) in [4.78, 5) is 38.9. The van der Waals surface area contributed by atoms with Crippen molar-refractivity contribution in [3.05, 3.63) is 52.2 Å². The van der Waals surface area contributed by atoms with E-state index in [1.54, 1.807) is 41.3 Å². The molecule has 7 heteroatoms. The summed E-state index contributed by atoms with van der Waals surface area (Å²) in [6.07, 6.45) is 1.96. The highest BCUT2D eigenvalue weighted by molar-refractivity contribution is 7.12. The van der Waals surface area contributed by atoms with Crippen LogP contribution in [0.3, 0.4) is 0 Å². The Labute approximate surface area is 162 Å². The van der Waals surface area contributed by atoms with E-state index in [1.165, 1.54) is 11.3 Å². The second-order valence-electron chi connectivity index (χ2n) is 6.65. The third-order valence-corrected chi connectivity index (χ3v) is 5.43. The smallest absolute Gasteiger partial charge is 0.338 e. The molecule has 1 aromatic heterocycles. The van der Waals surface area contributed by atoms with Crippen molar-refractivity contribution in [1.29, 1.82) is 0 Å². The van der Waals surface area contributed by atoms with Gasteiger partial charge in [0.25, 0.3) is 11.8 Å². The highest BCUT2D eigenvalue weighted by Gasteiger charge is 2.21. The van der Waals surface area contributed by atoms with Gasteiger partial charge in [-0.05, 0) is 48.4 Å². The van der Waals surface area contributed by atoms with Crippen molar-refractivity contribution in [2.45, 2.75) is 19.8 Å². The number of carbonyl (C=O) groups is 3. The van der Waals surface area contributed by atoms with Gasteiger partial charge in [0.2, 0.25) is 0 Å². The van der Waals surface area contributed by atoms with E-state index in [1.807, 2.05) is 5.38 Å². The summed E-state index contributed by atoms with van der Waals surface area (Å²) in [6.45, 7) is 3.33.